The molecule has 0 spiro atoms. The van der Waals surface area contributed by atoms with E-state index in [1.165, 1.54) is 11.1 Å². The molecule has 0 aliphatic heterocycles. The van der Waals surface area contributed by atoms with E-state index < -0.39 is 0 Å². The zero-order chi connectivity index (χ0) is 13.9. The fourth-order valence-electron chi connectivity index (χ4n) is 2.29. The summed E-state index contributed by atoms with van der Waals surface area (Å²) in [5.41, 5.74) is 4.64. The van der Waals surface area contributed by atoms with Crippen LogP contribution in [-0.4, -0.2) is 11.3 Å². The molecule has 0 fully saturated rings. The minimum atomic E-state index is 0.621. The molecule has 1 aromatic heterocycles. The second-order valence-electron chi connectivity index (χ2n) is 4.94. The Hall–Kier alpha value is -2.42. The van der Waals surface area contributed by atoms with E-state index >= 15 is 0 Å². The molecule has 3 rings (SSSR count). The number of rotatable bonds is 4. The van der Waals surface area contributed by atoms with Gasteiger partial charge in [-0.2, -0.15) is 0 Å². The molecule has 0 aliphatic carbocycles. The molecule has 0 aliphatic rings. The van der Waals surface area contributed by atoms with Crippen molar-refractivity contribution in [3.8, 4) is 0 Å². The van der Waals surface area contributed by atoms with Gasteiger partial charge in [-0.3, -0.25) is 4.79 Å². The second-order valence-corrected chi connectivity index (χ2v) is 4.94. The highest BCUT2D eigenvalue weighted by Crippen LogP contribution is 2.18. The monoisotopic (exact) mass is 265 g/mol. The Morgan fingerprint density at radius 1 is 1.15 bits per heavy atom. The first kappa shape index (κ1) is 12.6. The lowest BCUT2D eigenvalue weighted by Gasteiger charge is -1.99. The van der Waals surface area contributed by atoms with Crippen LogP contribution in [0.1, 0.15) is 27.4 Å². The third-order valence-corrected chi connectivity index (χ3v) is 3.30. The summed E-state index contributed by atoms with van der Waals surface area (Å²) in [7, 11) is 0. The maximum Gasteiger partial charge on any atom is 0.195 e. The highest BCUT2D eigenvalue weighted by Gasteiger charge is 2.06. The summed E-state index contributed by atoms with van der Waals surface area (Å²) in [6.07, 6.45) is 2.48. The largest absolute Gasteiger partial charge is 0.441 e. The van der Waals surface area contributed by atoms with Gasteiger partial charge in [0, 0.05) is 12.0 Å². The number of aromatic nitrogens is 1. The van der Waals surface area contributed by atoms with E-state index in [0.29, 0.717) is 11.5 Å². The normalized spacial score (nSPS) is 10.8. The molecule has 0 amide bonds. The first-order valence-electron chi connectivity index (χ1n) is 6.65. The average molecular weight is 265 g/mol. The van der Waals surface area contributed by atoms with Gasteiger partial charge in [0.2, 0.25) is 0 Å². The van der Waals surface area contributed by atoms with Gasteiger partial charge in [0.05, 0.1) is 0 Å². The molecule has 0 atom stereocenters. The van der Waals surface area contributed by atoms with E-state index in [1.54, 1.807) is 18.2 Å². The Labute approximate surface area is 117 Å². The number of aryl methyl sites for hydroxylation is 3. The zero-order valence-corrected chi connectivity index (χ0v) is 11.3. The molecule has 0 N–H and O–H groups in total. The SMILES string of the molecule is Cc1cccc(CCc2nc3cc(C=O)ccc3o2)c1. The predicted molar refractivity (Wildman–Crippen MR) is 78.0 cm³/mol. The fraction of sp³-hybridized carbons (Fsp3) is 0.176. The van der Waals surface area contributed by atoms with E-state index in [4.69, 9.17) is 4.42 Å². The third kappa shape index (κ3) is 2.62. The number of aldehydes is 1. The Balaban J connectivity index is 1.79. The van der Waals surface area contributed by atoms with Crippen molar-refractivity contribution in [1.82, 2.24) is 4.98 Å². The maximum atomic E-state index is 10.7. The Morgan fingerprint density at radius 3 is 2.85 bits per heavy atom. The Bertz CT molecular complexity index is 759. The smallest absolute Gasteiger partial charge is 0.195 e. The molecule has 100 valence electrons. The van der Waals surface area contributed by atoms with Gasteiger partial charge in [-0.1, -0.05) is 29.8 Å². The molecule has 3 aromatic rings. The van der Waals surface area contributed by atoms with E-state index in [9.17, 15) is 4.79 Å². The molecule has 2 aromatic carbocycles. The molecular formula is C17H15NO2. The number of carbonyl (C=O) groups is 1. The summed E-state index contributed by atoms with van der Waals surface area (Å²) < 4.78 is 5.69. The number of benzene rings is 2. The van der Waals surface area contributed by atoms with Crippen LogP contribution in [0.4, 0.5) is 0 Å². The summed E-state index contributed by atoms with van der Waals surface area (Å²) in [4.78, 5) is 15.2. The van der Waals surface area contributed by atoms with Crippen LogP contribution in [0.25, 0.3) is 11.1 Å². The molecular weight excluding hydrogens is 250 g/mol. The standard InChI is InChI=1S/C17H15NO2/c1-12-3-2-4-13(9-12)6-8-17-18-15-10-14(11-19)5-7-16(15)20-17/h2-5,7,9-11H,6,8H2,1H3. The molecule has 1 heterocycles. The molecule has 0 unspecified atom stereocenters. The van der Waals surface area contributed by atoms with E-state index in [0.717, 1.165) is 30.2 Å². The first-order valence-corrected chi connectivity index (χ1v) is 6.65. The maximum absolute atomic E-state index is 10.7. The second kappa shape index (κ2) is 5.29. The zero-order valence-electron chi connectivity index (χ0n) is 11.3. The Morgan fingerprint density at radius 2 is 2.05 bits per heavy atom. The van der Waals surface area contributed by atoms with Crippen molar-refractivity contribution in [2.24, 2.45) is 0 Å². The summed E-state index contributed by atoms with van der Waals surface area (Å²) in [5.74, 6) is 0.713. The fourth-order valence-corrected chi connectivity index (χ4v) is 2.29. The summed E-state index contributed by atoms with van der Waals surface area (Å²) >= 11 is 0. The molecule has 0 saturated heterocycles. The van der Waals surface area contributed by atoms with Crippen molar-refractivity contribution in [1.29, 1.82) is 0 Å². The summed E-state index contributed by atoms with van der Waals surface area (Å²) in [6, 6.07) is 13.7. The number of hydrogen-bond acceptors (Lipinski definition) is 3. The van der Waals surface area contributed by atoms with E-state index in [1.807, 2.05) is 0 Å². The average Bonchev–Trinajstić information content (AvgIpc) is 2.87. The van der Waals surface area contributed by atoms with Gasteiger partial charge in [0.15, 0.2) is 11.5 Å². The lowest BCUT2D eigenvalue weighted by Crippen LogP contribution is -1.91. The van der Waals surface area contributed by atoms with Crippen molar-refractivity contribution in [2.75, 3.05) is 0 Å². The van der Waals surface area contributed by atoms with Crippen molar-refractivity contribution in [3.63, 3.8) is 0 Å². The van der Waals surface area contributed by atoms with Crippen LogP contribution in [0.3, 0.4) is 0 Å². The van der Waals surface area contributed by atoms with Crippen molar-refractivity contribution in [3.05, 3.63) is 65.0 Å². The molecule has 0 bridgehead atoms. The van der Waals surface area contributed by atoms with Crippen LogP contribution in [-0.2, 0) is 12.8 Å². The topological polar surface area (TPSA) is 43.1 Å². The molecule has 3 heteroatoms. The lowest BCUT2D eigenvalue weighted by molar-refractivity contribution is 0.112. The van der Waals surface area contributed by atoms with Gasteiger partial charge >= 0.3 is 0 Å². The van der Waals surface area contributed by atoms with Gasteiger partial charge < -0.3 is 4.42 Å². The quantitative estimate of drug-likeness (QED) is 0.675. The van der Waals surface area contributed by atoms with Crippen LogP contribution in [0.15, 0.2) is 46.9 Å². The molecule has 0 saturated carbocycles. The van der Waals surface area contributed by atoms with Gasteiger partial charge in [0.1, 0.15) is 11.8 Å². The highest BCUT2D eigenvalue weighted by atomic mass is 16.3. The third-order valence-electron chi connectivity index (χ3n) is 3.30. The summed E-state index contributed by atoms with van der Waals surface area (Å²) in [5, 5.41) is 0. The van der Waals surface area contributed by atoms with Gasteiger partial charge in [0.25, 0.3) is 0 Å². The minimum Gasteiger partial charge on any atom is -0.441 e. The number of carbonyl (C=O) groups excluding carboxylic acids is 1. The van der Waals surface area contributed by atoms with E-state index in [2.05, 4.69) is 36.2 Å². The van der Waals surface area contributed by atoms with Crippen LogP contribution >= 0.6 is 0 Å². The van der Waals surface area contributed by atoms with Crippen molar-refractivity contribution in [2.45, 2.75) is 19.8 Å². The van der Waals surface area contributed by atoms with Crippen LogP contribution in [0, 0.1) is 6.92 Å². The highest BCUT2D eigenvalue weighted by molar-refractivity contribution is 5.83. The first-order chi connectivity index (χ1) is 9.74. The van der Waals surface area contributed by atoms with Crippen LogP contribution < -0.4 is 0 Å². The predicted octanol–water partition coefficient (Wildman–Crippen LogP) is 3.73. The summed E-state index contributed by atoms with van der Waals surface area (Å²) in [6.45, 7) is 2.09. The van der Waals surface area contributed by atoms with E-state index in [-0.39, 0.29) is 0 Å². The number of nitrogens with zero attached hydrogens (tertiary/aromatic N) is 1. The van der Waals surface area contributed by atoms with Gasteiger partial charge in [-0.05, 0) is 37.1 Å². The van der Waals surface area contributed by atoms with Crippen molar-refractivity contribution >= 4 is 17.4 Å². The number of hydrogen-bond donors (Lipinski definition) is 0. The molecule has 20 heavy (non-hydrogen) atoms. The number of fused-ring (bicyclic) bond motifs is 1. The van der Waals surface area contributed by atoms with Crippen LogP contribution in [0.2, 0.25) is 0 Å². The van der Waals surface area contributed by atoms with Gasteiger partial charge in [-0.15, -0.1) is 0 Å². The number of oxazole rings is 1. The minimum absolute atomic E-state index is 0.621. The molecule has 0 radical (unpaired) electrons. The molecule has 3 nitrogen and oxygen atoms in total. The van der Waals surface area contributed by atoms with Gasteiger partial charge in [-0.25, -0.2) is 4.98 Å². The Kier molecular flexibility index (Phi) is 3.33. The lowest BCUT2D eigenvalue weighted by atomic mass is 10.1. The van der Waals surface area contributed by atoms with Crippen LogP contribution in [0.5, 0.6) is 0 Å². The van der Waals surface area contributed by atoms with Crippen molar-refractivity contribution < 1.29 is 9.21 Å².